The molecule has 0 aliphatic carbocycles. The Morgan fingerprint density at radius 3 is 2.70 bits per heavy atom. The number of hydrazone groups is 1. The van der Waals surface area contributed by atoms with Gasteiger partial charge in [0, 0.05) is 16.6 Å². The molecule has 0 atom stereocenters. The van der Waals surface area contributed by atoms with Crippen LogP contribution >= 0.6 is 11.6 Å². The number of hydrogen-bond acceptors (Lipinski definition) is 5. The van der Waals surface area contributed by atoms with E-state index in [1.165, 1.54) is 0 Å². The van der Waals surface area contributed by atoms with Gasteiger partial charge in [-0.2, -0.15) is 5.10 Å². The molecule has 0 bridgehead atoms. The summed E-state index contributed by atoms with van der Waals surface area (Å²) in [6.45, 7) is 0.478. The van der Waals surface area contributed by atoms with Crippen LogP contribution in [0.3, 0.4) is 0 Å². The van der Waals surface area contributed by atoms with E-state index in [4.69, 9.17) is 21.1 Å². The first-order valence-corrected chi connectivity index (χ1v) is 9.79. The van der Waals surface area contributed by atoms with Gasteiger partial charge in [0.1, 0.15) is 6.61 Å². The number of rotatable bonds is 7. The van der Waals surface area contributed by atoms with Gasteiger partial charge in [-0.3, -0.25) is 10.4 Å². The van der Waals surface area contributed by atoms with Gasteiger partial charge >= 0.3 is 0 Å². The molecule has 0 spiro atoms. The fraction of sp³-hybridized carbons (Fsp3) is 0.0833. The standard InChI is InChI=1S/C24H20ClN3O2/c1-29-24-13-18(7-10-23(24)30-16-17-5-3-2-4-6-17)15-27-28-21-11-12-26-22-14-19(25)8-9-20(21)22/h2-15H,16H2,1H3,(H,26,28)/b27-15-. The maximum atomic E-state index is 6.04. The number of nitrogens with one attached hydrogen (secondary N) is 1. The van der Waals surface area contributed by atoms with Crippen molar-refractivity contribution >= 4 is 34.4 Å². The number of methoxy groups -OCH3 is 1. The zero-order chi connectivity index (χ0) is 20.8. The summed E-state index contributed by atoms with van der Waals surface area (Å²) in [6.07, 6.45) is 3.45. The molecule has 30 heavy (non-hydrogen) atoms. The highest BCUT2D eigenvalue weighted by atomic mass is 35.5. The monoisotopic (exact) mass is 417 g/mol. The Kier molecular flexibility index (Phi) is 6.11. The average Bonchev–Trinajstić information content (AvgIpc) is 2.78. The molecule has 0 amide bonds. The minimum atomic E-state index is 0.478. The van der Waals surface area contributed by atoms with E-state index in [9.17, 15) is 0 Å². The fourth-order valence-electron chi connectivity index (χ4n) is 3.01. The maximum absolute atomic E-state index is 6.04. The molecule has 0 aliphatic heterocycles. The van der Waals surface area contributed by atoms with Gasteiger partial charge in [0.2, 0.25) is 0 Å². The number of aromatic nitrogens is 1. The normalized spacial score (nSPS) is 11.0. The highest BCUT2D eigenvalue weighted by Gasteiger charge is 2.06. The Hall–Kier alpha value is -3.57. The van der Waals surface area contributed by atoms with Crippen molar-refractivity contribution in [3.8, 4) is 11.5 Å². The van der Waals surface area contributed by atoms with E-state index in [1.807, 2.05) is 72.8 Å². The van der Waals surface area contributed by atoms with Crippen LogP contribution < -0.4 is 14.9 Å². The van der Waals surface area contributed by atoms with E-state index < -0.39 is 0 Å². The van der Waals surface area contributed by atoms with E-state index in [1.54, 1.807) is 19.5 Å². The van der Waals surface area contributed by atoms with Crippen molar-refractivity contribution in [2.75, 3.05) is 12.5 Å². The van der Waals surface area contributed by atoms with Gasteiger partial charge in [-0.05, 0) is 53.6 Å². The predicted octanol–water partition coefficient (Wildman–Crippen LogP) is 5.92. The molecule has 0 unspecified atom stereocenters. The number of ether oxygens (including phenoxy) is 2. The van der Waals surface area contributed by atoms with Crippen LogP contribution in [0.1, 0.15) is 11.1 Å². The maximum Gasteiger partial charge on any atom is 0.161 e. The lowest BCUT2D eigenvalue weighted by Gasteiger charge is -2.11. The summed E-state index contributed by atoms with van der Waals surface area (Å²) in [5.74, 6) is 1.34. The van der Waals surface area contributed by atoms with Crippen LogP contribution in [-0.2, 0) is 6.61 Å². The molecular formula is C24H20ClN3O2. The first-order valence-electron chi connectivity index (χ1n) is 9.41. The van der Waals surface area contributed by atoms with Crippen molar-refractivity contribution in [1.29, 1.82) is 0 Å². The first-order chi connectivity index (χ1) is 14.7. The Bertz CT molecular complexity index is 1180. The molecule has 3 aromatic carbocycles. The van der Waals surface area contributed by atoms with Crippen LogP contribution in [-0.4, -0.2) is 18.3 Å². The molecule has 1 N–H and O–H groups in total. The van der Waals surface area contributed by atoms with Crippen molar-refractivity contribution < 1.29 is 9.47 Å². The molecule has 0 aliphatic rings. The number of fused-ring (bicyclic) bond motifs is 1. The van der Waals surface area contributed by atoms with Gasteiger partial charge in [0.25, 0.3) is 0 Å². The number of benzene rings is 3. The molecule has 1 heterocycles. The molecule has 4 rings (SSSR count). The average molecular weight is 418 g/mol. The van der Waals surface area contributed by atoms with Gasteiger partial charge in [-0.1, -0.05) is 41.9 Å². The summed E-state index contributed by atoms with van der Waals surface area (Å²) in [5.41, 5.74) is 6.71. The van der Waals surface area contributed by atoms with Gasteiger partial charge in [-0.25, -0.2) is 0 Å². The molecule has 0 saturated carbocycles. The van der Waals surface area contributed by atoms with E-state index in [0.29, 0.717) is 23.1 Å². The van der Waals surface area contributed by atoms with Crippen LogP contribution in [0.25, 0.3) is 10.9 Å². The highest BCUT2D eigenvalue weighted by Crippen LogP contribution is 2.28. The third-order valence-electron chi connectivity index (χ3n) is 4.53. The molecule has 1 aromatic heterocycles. The molecule has 150 valence electrons. The van der Waals surface area contributed by atoms with Crippen LogP contribution in [0, 0.1) is 0 Å². The third-order valence-corrected chi connectivity index (χ3v) is 4.76. The minimum absolute atomic E-state index is 0.478. The quantitative estimate of drug-likeness (QED) is 0.299. The number of nitrogens with zero attached hydrogens (tertiary/aromatic N) is 2. The molecule has 0 fully saturated rings. The molecule has 6 heteroatoms. The Labute approximate surface area is 179 Å². The SMILES string of the molecule is COc1cc(/C=N\Nc2ccnc3cc(Cl)ccc23)ccc1OCc1ccccc1. The largest absolute Gasteiger partial charge is 0.493 e. The number of anilines is 1. The Balaban J connectivity index is 1.46. The van der Waals surface area contributed by atoms with Crippen molar-refractivity contribution in [1.82, 2.24) is 4.98 Å². The predicted molar refractivity (Wildman–Crippen MR) is 122 cm³/mol. The highest BCUT2D eigenvalue weighted by molar-refractivity contribution is 6.31. The Morgan fingerprint density at radius 2 is 1.87 bits per heavy atom. The summed E-state index contributed by atoms with van der Waals surface area (Å²) in [4.78, 5) is 4.33. The van der Waals surface area contributed by atoms with Crippen molar-refractivity contribution in [3.63, 3.8) is 0 Å². The number of pyridine rings is 1. The van der Waals surface area contributed by atoms with Gasteiger partial charge < -0.3 is 9.47 Å². The molecule has 5 nitrogen and oxygen atoms in total. The molecule has 4 aromatic rings. The lowest BCUT2D eigenvalue weighted by atomic mass is 10.2. The van der Waals surface area contributed by atoms with Crippen LogP contribution in [0.5, 0.6) is 11.5 Å². The van der Waals surface area contributed by atoms with Crippen LogP contribution in [0.4, 0.5) is 5.69 Å². The lowest BCUT2D eigenvalue weighted by molar-refractivity contribution is 0.284. The first kappa shape index (κ1) is 19.7. The second kappa shape index (κ2) is 9.29. The minimum Gasteiger partial charge on any atom is -0.493 e. The van der Waals surface area contributed by atoms with Crippen LogP contribution in [0.15, 0.2) is 84.1 Å². The van der Waals surface area contributed by atoms with Gasteiger partial charge in [0.15, 0.2) is 11.5 Å². The summed E-state index contributed by atoms with van der Waals surface area (Å²) in [6, 6.07) is 23.2. The van der Waals surface area contributed by atoms with E-state index in [-0.39, 0.29) is 0 Å². The lowest BCUT2D eigenvalue weighted by Crippen LogP contribution is -1.98. The molecule has 0 saturated heterocycles. The van der Waals surface area contributed by atoms with Crippen molar-refractivity contribution in [3.05, 3.63) is 95.1 Å². The van der Waals surface area contributed by atoms with Crippen molar-refractivity contribution in [2.24, 2.45) is 5.10 Å². The second-order valence-electron chi connectivity index (χ2n) is 6.57. The van der Waals surface area contributed by atoms with Gasteiger partial charge in [0.05, 0.1) is 24.5 Å². The molecule has 0 radical (unpaired) electrons. The van der Waals surface area contributed by atoms with Gasteiger partial charge in [-0.15, -0.1) is 0 Å². The van der Waals surface area contributed by atoms with E-state index in [0.717, 1.165) is 27.7 Å². The summed E-state index contributed by atoms with van der Waals surface area (Å²) >= 11 is 6.04. The zero-order valence-corrected chi connectivity index (χ0v) is 17.1. The summed E-state index contributed by atoms with van der Waals surface area (Å²) in [5, 5.41) is 5.95. The van der Waals surface area contributed by atoms with Crippen molar-refractivity contribution in [2.45, 2.75) is 6.61 Å². The van der Waals surface area contributed by atoms with E-state index in [2.05, 4.69) is 15.5 Å². The van der Waals surface area contributed by atoms with Crippen LogP contribution in [0.2, 0.25) is 5.02 Å². The number of halogens is 1. The smallest absolute Gasteiger partial charge is 0.161 e. The second-order valence-corrected chi connectivity index (χ2v) is 7.01. The summed E-state index contributed by atoms with van der Waals surface area (Å²) < 4.78 is 11.4. The summed E-state index contributed by atoms with van der Waals surface area (Å²) in [7, 11) is 1.62. The topological polar surface area (TPSA) is 55.7 Å². The van der Waals surface area contributed by atoms with E-state index >= 15 is 0 Å². The Morgan fingerprint density at radius 1 is 1.00 bits per heavy atom. The fourth-order valence-corrected chi connectivity index (χ4v) is 3.18. The molecular weight excluding hydrogens is 398 g/mol. The number of hydrogen-bond donors (Lipinski definition) is 1. The third kappa shape index (κ3) is 4.70. The zero-order valence-electron chi connectivity index (χ0n) is 16.4.